The first-order valence-electron chi connectivity index (χ1n) is 11.0. The maximum Gasteiger partial charge on any atom is 0.350 e. The molecule has 0 atom stereocenters. The van der Waals surface area contributed by atoms with E-state index < -0.39 is 5.54 Å². The molecule has 2 amide bonds. The van der Waals surface area contributed by atoms with E-state index in [4.69, 9.17) is 0 Å². The molecule has 4 aromatic rings. The lowest BCUT2D eigenvalue weighted by Crippen LogP contribution is -2.45. The van der Waals surface area contributed by atoms with Crippen LogP contribution in [0.3, 0.4) is 0 Å². The second-order valence-electron chi connectivity index (χ2n) is 8.44. The van der Waals surface area contributed by atoms with E-state index >= 15 is 0 Å². The predicted octanol–water partition coefficient (Wildman–Crippen LogP) is 4.27. The SMILES string of the molecule is O=C(Nc1cccc(Cn2nc3ccccn3c2=O)c1)NC1(c2ccc(F)cc2)CCCC1. The number of urea groups is 1. The average Bonchev–Trinajstić information content (AvgIpc) is 3.40. The first kappa shape index (κ1) is 20.9. The molecule has 8 heteroatoms. The van der Waals surface area contributed by atoms with E-state index in [1.807, 2.05) is 24.3 Å². The molecule has 2 N–H and O–H groups in total. The number of pyridine rings is 1. The summed E-state index contributed by atoms with van der Waals surface area (Å²) in [7, 11) is 0. The Kier molecular flexibility index (Phi) is 5.42. The van der Waals surface area contributed by atoms with Crippen molar-refractivity contribution < 1.29 is 9.18 Å². The van der Waals surface area contributed by atoms with Crippen molar-refractivity contribution in [1.82, 2.24) is 19.5 Å². The summed E-state index contributed by atoms with van der Waals surface area (Å²) in [6.07, 6.45) is 5.30. The van der Waals surface area contributed by atoms with Crippen molar-refractivity contribution in [2.24, 2.45) is 0 Å². The Morgan fingerprint density at radius 1 is 1.03 bits per heavy atom. The van der Waals surface area contributed by atoms with Crippen molar-refractivity contribution >= 4 is 17.4 Å². The highest BCUT2D eigenvalue weighted by atomic mass is 19.1. The number of hydrogen-bond acceptors (Lipinski definition) is 3. The predicted molar refractivity (Wildman–Crippen MR) is 124 cm³/mol. The van der Waals surface area contributed by atoms with Gasteiger partial charge in [0.25, 0.3) is 0 Å². The fourth-order valence-corrected chi connectivity index (χ4v) is 4.60. The first-order valence-corrected chi connectivity index (χ1v) is 11.0. The van der Waals surface area contributed by atoms with E-state index in [-0.39, 0.29) is 24.1 Å². The summed E-state index contributed by atoms with van der Waals surface area (Å²) in [6, 6.07) is 18.8. The highest BCUT2D eigenvalue weighted by Crippen LogP contribution is 2.38. The topological polar surface area (TPSA) is 80.4 Å². The van der Waals surface area contributed by atoms with Gasteiger partial charge in [0.15, 0.2) is 5.65 Å². The van der Waals surface area contributed by atoms with Crippen LogP contribution in [0.2, 0.25) is 0 Å². The number of nitrogens with one attached hydrogen (secondary N) is 2. The molecule has 2 aromatic heterocycles. The molecule has 168 valence electrons. The average molecular weight is 445 g/mol. The number of nitrogens with zero attached hydrogens (tertiary/aromatic N) is 3. The third-order valence-corrected chi connectivity index (χ3v) is 6.21. The Hall–Kier alpha value is -3.94. The molecular formula is C25H24FN5O2. The third kappa shape index (κ3) is 4.24. The van der Waals surface area contributed by atoms with Crippen LogP contribution in [0.4, 0.5) is 14.9 Å². The van der Waals surface area contributed by atoms with Crippen LogP contribution in [-0.2, 0) is 12.1 Å². The van der Waals surface area contributed by atoms with Crippen LogP contribution < -0.4 is 16.3 Å². The van der Waals surface area contributed by atoms with E-state index in [0.717, 1.165) is 36.8 Å². The molecule has 1 saturated carbocycles. The second kappa shape index (κ2) is 8.54. The molecule has 0 aliphatic heterocycles. The smallest absolute Gasteiger partial charge is 0.328 e. The Labute approximate surface area is 189 Å². The third-order valence-electron chi connectivity index (χ3n) is 6.21. The fraction of sp³-hybridized carbons (Fsp3) is 0.240. The summed E-state index contributed by atoms with van der Waals surface area (Å²) in [5.74, 6) is -0.294. The molecular weight excluding hydrogens is 421 g/mol. The van der Waals surface area contributed by atoms with Crippen LogP contribution in [0.1, 0.15) is 36.8 Å². The van der Waals surface area contributed by atoms with Crippen LogP contribution >= 0.6 is 0 Å². The lowest BCUT2D eigenvalue weighted by Gasteiger charge is -2.31. The number of halogens is 1. The number of carbonyl (C=O) groups excluding carboxylic acids is 1. The molecule has 1 fully saturated rings. The van der Waals surface area contributed by atoms with Gasteiger partial charge in [0.05, 0.1) is 12.1 Å². The first-order chi connectivity index (χ1) is 16.0. The van der Waals surface area contributed by atoms with Gasteiger partial charge in [0.2, 0.25) is 0 Å². The zero-order valence-electron chi connectivity index (χ0n) is 18.0. The number of hydrogen-bond donors (Lipinski definition) is 2. The van der Waals surface area contributed by atoms with Crippen molar-refractivity contribution in [3.05, 3.63) is 100 Å². The molecule has 2 aromatic carbocycles. The molecule has 0 radical (unpaired) electrons. The van der Waals surface area contributed by atoms with Crippen molar-refractivity contribution in [2.75, 3.05) is 5.32 Å². The summed E-state index contributed by atoms with van der Waals surface area (Å²) in [5, 5.41) is 10.4. The lowest BCUT2D eigenvalue weighted by molar-refractivity contribution is 0.236. The summed E-state index contributed by atoms with van der Waals surface area (Å²) >= 11 is 0. The van der Waals surface area contributed by atoms with E-state index in [2.05, 4.69) is 15.7 Å². The minimum atomic E-state index is -0.501. The Balaban J connectivity index is 1.31. The number of rotatable bonds is 5. The van der Waals surface area contributed by atoms with Gasteiger partial charge in [-0.15, -0.1) is 5.10 Å². The molecule has 7 nitrogen and oxygen atoms in total. The molecule has 1 aliphatic rings. The summed E-state index contributed by atoms with van der Waals surface area (Å²) < 4.78 is 16.3. The van der Waals surface area contributed by atoms with Gasteiger partial charge >= 0.3 is 11.7 Å². The van der Waals surface area contributed by atoms with Gasteiger partial charge in [-0.05, 0) is 60.4 Å². The summed E-state index contributed by atoms with van der Waals surface area (Å²) in [6.45, 7) is 0.289. The maximum atomic E-state index is 13.4. The Morgan fingerprint density at radius 3 is 2.58 bits per heavy atom. The molecule has 1 aliphatic carbocycles. The molecule has 2 heterocycles. The van der Waals surface area contributed by atoms with Crippen molar-refractivity contribution in [2.45, 2.75) is 37.8 Å². The second-order valence-corrected chi connectivity index (χ2v) is 8.44. The Bertz CT molecular complexity index is 1350. The lowest BCUT2D eigenvalue weighted by atomic mass is 9.88. The van der Waals surface area contributed by atoms with E-state index in [9.17, 15) is 14.0 Å². The zero-order valence-corrected chi connectivity index (χ0v) is 18.0. The highest BCUT2D eigenvalue weighted by molar-refractivity contribution is 5.90. The van der Waals surface area contributed by atoms with Gasteiger partial charge in [0, 0.05) is 11.9 Å². The van der Waals surface area contributed by atoms with Gasteiger partial charge in [0.1, 0.15) is 5.82 Å². The number of amides is 2. The molecule has 0 unspecified atom stereocenters. The van der Waals surface area contributed by atoms with Crippen molar-refractivity contribution in [3.63, 3.8) is 0 Å². The highest BCUT2D eigenvalue weighted by Gasteiger charge is 2.37. The maximum absolute atomic E-state index is 13.4. The normalized spacial score (nSPS) is 14.9. The molecule has 5 rings (SSSR count). The molecule has 0 spiro atoms. The summed E-state index contributed by atoms with van der Waals surface area (Å²) in [5.41, 5.74) is 2.24. The number of benzene rings is 2. The van der Waals surface area contributed by atoms with Crippen molar-refractivity contribution in [1.29, 1.82) is 0 Å². The zero-order chi connectivity index (χ0) is 22.8. The van der Waals surface area contributed by atoms with Gasteiger partial charge in [-0.1, -0.05) is 43.2 Å². The van der Waals surface area contributed by atoms with Crippen LogP contribution in [0, 0.1) is 5.82 Å². The van der Waals surface area contributed by atoms with E-state index in [0.29, 0.717) is 11.3 Å². The minimum absolute atomic E-state index is 0.218. The van der Waals surface area contributed by atoms with Crippen molar-refractivity contribution in [3.8, 4) is 0 Å². The van der Waals surface area contributed by atoms with Crippen LogP contribution in [-0.4, -0.2) is 20.2 Å². The quantitative estimate of drug-likeness (QED) is 0.481. The Morgan fingerprint density at radius 2 is 1.82 bits per heavy atom. The number of carbonyl (C=O) groups is 1. The monoisotopic (exact) mass is 445 g/mol. The van der Waals surface area contributed by atoms with E-state index in [1.54, 1.807) is 36.5 Å². The molecule has 33 heavy (non-hydrogen) atoms. The largest absolute Gasteiger partial charge is 0.350 e. The standard InChI is InChI=1S/C25H24FN5O2/c26-20-11-9-19(10-12-20)25(13-2-3-14-25)28-23(32)27-21-7-5-6-18(16-21)17-31-24(33)30-15-4-1-8-22(30)29-31/h1,4-12,15-16H,2-3,13-14,17H2,(H2,27,28,32). The van der Waals surface area contributed by atoms with Gasteiger partial charge in [-0.25, -0.2) is 18.7 Å². The number of anilines is 1. The minimum Gasteiger partial charge on any atom is -0.328 e. The number of fused-ring (bicyclic) bond motifs is 1. The van der Waals surface area contributed by atoms with Gasteiger partial charge in [-0.3, -0.25) is 4.40 Å². The van der Waals surface area contributed by atoms with Crippen LogP contribution in [0.5, 0.6) is 0 Å². The van der Waals surface area contributed by atoms with Crippen LogP contribution in [0.15, 0.2) is 77.7 Å². The van der Waals surface area contributed by atoms with Gasteiger partial charge < -0.3 is 10.6 Å². The van der Waals surface area contributed by atoms with Crippen LogP contribution in [0.25, 0.3) is 5.65 Å². The summed E-state index contributed by atoms with van der Waals surface area (Å²) in [4.78, 5) is 25.4. The molecule has 0 saturated heterocycles. The fourth-order valence-electron chi connectivity index (χ4n) is 4.60. The van der Waals surface area contributed by atoms with E-state index in [1.165, 1.54) is 21.2 Å². The van der Waals surface area contributed by atoms with Gasteiger partial charge in [-0.2, -0.15) is 0 Å². The number of aromatic nitrogens is 3. The molecule has 0 bridgehead atoms.